The van der Waals surface area contributed by atoms with E-state index in [9.17, 15) is 8.42 Å². The Morgan fingerprint density at radius 3 is 1.15 bits per heavy atom. The number of rotatable bonds is 12. The lowest BCUT2D eigenvalue weighted by Crippen LogP contribution is -2.24. The molecule has 0 aliphatic rings. The van der Waals surface area contributed by atoms with Gasteiger partial charge in [0.2, 0.25) is 9.84 Å². The summed E-state index contributed by atoms with van der Waals surface area (Å²) >= 11 is 0. The highest BCUT2D eigenvalue weighted by Gasteiger charge is 2.17. The van der Waals surface area contributed by atoms with Crippen LogP contribution in [0.2, 0.25) is 0 Å². The molecule has 0 bridgehead atoms. The maximum Gasteiger partial charge on any atom is 0.206 e. The van der Waals surface area contributed by atoms with Crippen LogP contribution in [0.3, 0.4) is 0 Å². The average Bonchev–Trinajstić information content (AvgIpc) is 3.00. The third-order valence-corrected chi connectivity index (χ3v) is 8.21. The van der Waals surface area contributed by atoms with Gasteiger partial charge < -0.3 is 9.80 Å². The molecule has 0 spiro atoms. The number of sulfone groups is 1. The maximum absolute atomic E-state index is 13.2. The standard InChI is InChI=1S/C32H36N6O2S/c1-5-23-38(24-6-2)30-17-9-26(10-18-30)34-36-28-13-21-32(22-14-28)41(39,40)31-19-11-27(12-20-31)35-33-25-7-15-29(16-8-25)37(3)4/h7-22H,5-6,23-24H2,1-4H3. The lowest BCUT2D eigenvalue weighted by atomic mass is 10.2. The Balaban J connectivity index is 1.40. The van der Waals surface area contributed by atoms with Gasteiger partial charge in [-0.15, -0.1) is 0 Å². The van der Waals surface area contributed by atoms with Crippen molar-refractivity contribution in [3.05, 3.63) is 97.1 Å². The largest absolute Gasteiger partial charge is 0.378 e. The molecule has 0 N–H and O–H groups in total. The van der Waals surface area contributed by atoms with Crippen LogP contribution in [0.25, 0.3) is 0 Å². The van der Waals surface area contributed by atoms with E-state index in [1.54, 1.807) is 36.4 Å². The number of benzene rings is 4. The Hall–Kier alpha value is -4.37. The summed E-state index contributed by atoms with van der Waals surface area (Å²) < 4.78 is 26.3. The number of azo groups is 2. The van der Waals surface area contributed by atoms with Gasteiger partial charge in [-0.25, -0.2) is 8.42 Å². The van der Waals surface area contributed by atoms with Crippen molar-refractivity contribution in [3.63, 3.8) is 0 Å². The van der Waals surface area contributed by atoms with Gasteiger partial charge in [-0.3, -0.25) is 0 Å². The Kier molecular flexibility index (Phi) is 9.97. The van der Waals surface area contributed by atoms with E-state index in [-0.39, 0.29) is 9.79 Å². The van der Waals surface area contributed by atoms with Crippen molar-refractivity contribution in [3.8, 4) is 0 Å². The quantitative estimate of drug-likeness (QED) is 0.159. The van der Waals surface area contributed by atoms with Gasteiger partial charge in [-0.05, 0) is 110 Å². The van der Waals surface area contributed by atoms with Crippen LogP contribution >= 0.6 is 0 Å². The zero-order valence-electron chi connectivity index (χ0n) is 24.0. The van der Waals surface area contributed by atoms with E-state index < -0.39 is 9.84 Å². The van der Waals surface area contributed by atoms with Gasteiger partial charge in [-0.1, -0.05) is 13.8 Å². The number of anilines is 2. The minimum atomic E-state index is -3.70. The monoisotopic (exact) mass is 568 g/mol. The van der Waals surface area contributed by atoms with Crippen LogP contribution in [0.15, 0.2) is 127 Å². The second-order valence-corrected chi connectivity index (χ2v) is 11.8. The lowest BCUT2D eigenvalue weighted by molar-refractivity contribution is 0.596. The molecular weight excluding hydrogens is 532 g/mol. The van der Waals surface area contributed by atoms with Crippen LogP contribution in [0.5, 0.6) is 0 Å². The van der Waals surface area contributed by atoms with Crippen molar-refractivity contribution >= 4 is 44.0 Å². The second-order valence-electron chi connectivity index (χ2n) is 9.81. The second kappa shape index (κ2) is 13.8. The van der Waals surface area contributed by atoms with Crippen LogP contribution in [-0.2, 0) is 9.84 Å². The van der Waals surface area contributed by atoms with E-state index in [0.717, 1.165) is 37.3 Å². The number of nitrogens with zero attached hydrogens (tertiary/aromatic N) is 6. The smallest absolute Gasteiger partial charge is 0.206 e. The fourth-order valence-corrected chi connectivity index (χ4v) is 5.47. The fraction of sp³-hybridized carbons (Fsp3) is 0.250. The predicted molar refractivity (Wildman–Crippen MR) is 167 cm³/mol. The molecule has 0 unspecified atom stereocenters. The Labute approximate surface area is 243 Å². The Morgan fingerprint density at radius 1 is 0.512 bits per heavy atom. The van der Waals surface area contributed by atoms with E-state index in [1.807, 2.05) is 55.4 Å². The highest BCUT2D eigenvalue weighted by atomic mass is 32.2. The van der Waals surface area contributed by atoms with Crippen LogP contribution in [0.4, 0.5) is 34.1 Å². The first-order valence-corrected chi connectivity index (χ1v) is 15.2. The van der Waals surface area contributed by atoms with Gasteiger partial charge in [0, 0.05) is 38.6 Å². The van der Waals surface area contributed by atoms with Crippen molar-refractivity contribution in [2.75, 3.05) is 37.0 Å². The van der Waals surface area contributed by atoms with Gasteiger partial charge in [-0.2, -0.15) is 20.5 Å². The number of hydrogen-bond donors (Lipinski definition) is 0. The first-order valence-electron chi connectivity index (χ1n) is 13.7. The minimum Gasteiger partial charge on any atom is -0.378 e. The molecule has 0 heterocycles. The Bertz CT molecular complexity index is 1560. The normalized spacial score (nSPS) is 11.8. The first-order chi connectivity index (χ1) is 19.8. The lowest BCUT2D eigenvalue weighted by Gasteiger charge is -2.23. The molecule has 9 heteroatoms. The summed E-state index contributed by atoms with van der Waals surface area (Å²) in [5, 5.41) is 17.1. The molecule has 4 aromatic rings. The summed E-state index contributed by atoms with van der Waals surface area (Å²) in [6.45, 7) is 6.40. The first kappa shape index (κ1) is 29.6. The van der Waals surface area contributed by atoms with Crippen LogP contribution in [0, 0.1) is 0 Å². The summed E-state index contributed by atoms with van der Waals surface area (Å²) in [5.41, 5.74) is 4.83. The Morgan fingerprint density at radius 2 is 0.829 bits per heavy atom. The van der Waals surface area contributed by atoms with E-state index in [1.165, 1.54) is 17.8 Å². The highest BCUT2D eigenvalue weighted by Crippen LogP contribution is 2.28. The number of hydrogen-bond acceptors (Lipinski definition) is 8. The summed E-state index contributed by atoms with van der Waals surface area (Å²) in [6.07, 6.45) is 2.19. The van der Waals surface area contributed by atoms with Crippen molar-refractivity contribution in [2.45, 2.75) is 36.5 Å². The van der Waals surface area contributed by atoms with Gasteiger partial charge in [0.25, 0.3) is 0 Å². The van der Waals surface area contributed by atoms with Crippen molar-refractivity contribution in [1.29, 1.82) is 0 Å². The fourth-order valence-electron chi connectivity index (χ4n) is 4.21. The molecule has 0 fully saturated rings. The van der Waals surface area contributed by atoms with Gasteiger partial charge in [0.15, 0.2) is 0 Å². The molecule has 4 rings (SSSR count). The summed E-state index contributed by atoms with van der Waals surface area (Å²) in [4.78, 5) is 4.74. The third kappa shape index (κ3) is 7.85. The molecule has 41 heavy (non-hydrogen) atoms. The van der Waals surface area contributed by atoms with E-state index in [2.05, 4.69) is 51.3 Å². The summed E-state index contributed by atoms with van der Waals surface area (Å²) in [7, 11) is 0.251. The molecule has 8 nitrogen and oxygen atoms in total. The predicted octanol–water partition coefficient (Wildman–Crippen LogP) is 9.04. The molecular formula is C32H36N6O2S. The molecule has 0 aliphatic carbocycles. The maximum atomic E-state index is 13.2. The molecule has 0 atom stereocenters. The summed E-state index contributed by atoms with van der Waals surface area (Å²) in [6, 6.07) is 28.5. The molecule has 0 saturated carbocycles. The van der Waals surface area contributed by atoms with Crippen LogP contribution < -0.4 is 9.80 Å². The molecule has 0 radical (unpaired) electrons. The van der Waals surface area contributed by atoms with E-state index in [4.69, 9.17) is 0 Å². The third-order valence-electron chi connectivity index (χ3n) is 6.42. The SMILES string of the molecule is CCCN(CCC)c1ccc(N=Nc2ccc(S(=O)(=O)c3ccc(N=Nc4ccc(N(C)C)cc4)cc3)cc2)cc1. The van der Waals surface area contributed by atoms with E-state index >= 15 is 0 Å². The topological polar surface area (TPSA) is 90.1 Å². The molecule has 0 saturated heterocycles. The van der Waals surface area contributed by atoms with E-state index in [0.29, 0.717) is 17.1 Å². The zero-order chi connectivity index (χ0) is 29.2. The van der Waals surface area contributed by atoms with Crippen molar-refractivity contribution < 1.29 is 8.42 Å². The van der Waals surface area contributed by atoms with Crippen molar-refractivity contribution in [1.82, 2.24) is 0 Å². The molecule has 4 aromatic carbocycles. The van der Waals surface area contributed by atoms with Crippen LogP contribution in [0.1, 0.15) is 26.7 Å². The highest BCUT2D eigenvalue weighted by molar-refractivity contribution is 7.91. The van der Waals surface area contributed by atoms with Crippen LogP contribution in [-0.4, -0.2) is 35.6 Å². The summed E-state index contributed by atoms with van der Waals surface area (Å²) in [5.74, 6) is 0. The van der Waals surface area contributed by atoms with Crippen molar-refractivity contribution in [2.24, 2.45) is 20.5 Å². The zero-order valence-corrected chi connectivity index (χ0v) is 24.8. The molecule has 0 aromatic heterocycles. The molecule has 0 aliphatic heterocycles. The average molecular weight is 569 g/mol. The minimum absolute atomic E-state index is 0.182. The van der Waals surface area contributed by atoms with Gasteiger partial charge in [0.05, 0.1) is 32.5 Å². The van der Waals surface area contributed by atoms with Gasteiger partial charge in [0.1, 0.15) is 0 Å². The van der Waals surface area contributed by atoms with Gasteiger partial charge >= 0.3 is 0 Å². The molecule has 0 amide bonds. The molecule has 212 valence electrons.